The highest BCUT2D eigenvalue weighted by Gasteiger charge is 2.37. The number of rotatable bonds is 2. The maximum absolute atomic E-state index is 5.69. The lowest BCUT2D eigenvalue weighted by Crippen LogP contribution is -2.21. The van der Waals surface area contributed by atoms with Crippen molar-refractivity contribution in [1.29, 1.82) is 0 Å². The second-order valence-corrected chi connectivity index (χ2v) is 4.50. The molecule has 2 aliphatic rings. The predicted octanol–water partition coefficient (Wildman–Crippen LogP) is 1.71. The van der Waals surface area contributed by atoms with Gasteiger partial charge >= 0.3 is 0 Å². The number of nitrogens with zero attached hydrogens (tertiary/aromatic N) is 2. The van der Waals surface area contributed by atoms with Crippen LogP contribution in [-0.4, -0.2) is 21.8 Å². The minimum absolute atomic E-state index is 0.232. The minimum atomic E-state index is -0.232. The first kappa shape index (κ1) is 8.41. The summed E-state index contributed by atoms with van der Waals surface area (Å²) >= 11 is 0. The molecule has 3 rings (SSSR count). The molecule has 14 heavy (non-hydrogen) atoms. The summed E-state index contributed by atoms with van der Waals surface area (Å²) in [6.45, 7) is 2.92. The highest BCUT2D eigenvalue weighted by atomic mass is 16.5. The van der Waals surface area contributed by atoms with Crippen molar-refractivity contribution >= 4 is 0 Å². The fraction of sp³-hybridized carbons (Fsp3) is 0.800. The summed E-state index contributed by atoms with van der Waals surface area (Å²) in [6.07, 6.45) is 4.66. The van der Waals surface area contributed by atoms with Crippen molar-refractivity contribution in [2.75, 3.05) is 6.61 Å². The molecule has 1 saturated carbocycles. The van der Waals surface area contributed by atoms with E-state index >= 15 is 0 Å². The molecular weight excluding hydrogens is 178 g/mol. The van der Waals surface area contributed by atoms with E-state index in [0.29, 0.717) is 5.92 Å². The Morgan fingerprint density at radius 1 is 1.50 bits per heavy atom. The Kier molecular flexibility index (Phi) is 1.68. The maximum atomic E-state index is 5.69. The zero-order chi connectivity index (χ0) is 9.60. The fourth-order valence-corrected chi connectivity index (χ4v) is 2.01. The zero-order valence-electron chi connectivity index (χ0n) is 8.42. The summed E-state index contributed by atoms with van der Waals surface area (Å²) in [5.74, 6) is 2.54. The average molecular weight is 193 g/mol. The van der Waals surface area contributed by atoms with Gasteiger partial charge in [-0.15, -0.1) is 0 Å². The van der Waals surface area contributed by atoms with Gasteiger partial charge in [-0.25, -0.2) is 4.98 Å². The molecule has 1 N–H and O–H groups in total. The van der Waals surface area contributed by atoms with Crippen LogP contribution in [0.3, 0.4) is 0 Å². The van der Waals surface area contributed by atoms with E-state index in [4.69, 9.17) is 4.74 Å². The molecule has 0 bridgehead atoms. The molecule has 0 aromatic carbocycles. The van der Waals surface area contributed by atoms with Crippen LogP contribution in [0.15, 0.2) is 0 Å². The summed E-state index contributed by atoms with van der Waals surface area (Å²) < 4.78 is 5.69. The van der Waals surface area contributed by atoms with Crippen LogP contribution in [0.5, 0.6) is 0 Å². The van der Waals surface area contributed by atoms with Gasteiger partial charge in [-0.2, -0.15) is 5.10 Å². The Labute approximate surface area is 83.1 Å². The molecular formula is C10H15N3O. The van der Waals surface area contributed by atoms with Gasteiger partial charge in [-0.3, -0.25) is 5.10 Å². The van der Waals surface area contributed by atoms with Crippen LogP contribution in [0.4, 0.5) is 0 Å². The van der Waals surface area contributed by atoms with E-state index in [2.05, 4.69) is 22.1 Å². The van der Waals surface area contributed by atoms with Gasteiger partial charge in [0.25, 0.3) is 0 Å². The maximum Gasteiger partial charge on any atom is 0.182 e. The lowest BCUT2D eigenvalue weighted by molar-refractivity contribution is 0.00959. The Morgan fingerprint density at radius 2 is 2.36 bits per heavy atom. The smallest absolute Gasteiger partial charge is 0.182 e. The van der Waals surface area contributed by atoms with Crippen molar-refractivity contribution in [1.82, 2.24) is 15.2 Å². The molecule has 4 nitrogen and oxygen atoms in total. The van der Waals surface area contributed by atoms with Gasteiger partial charge in [0.1, 0.15) is 11.4 Å². The summed E-state index contributed by atoms with van der Waals surface area (Å²) in [4.78, 5) is 4.53. The van der Waals surface area contributed by atoms with Gasteiger partial charge in [0.2, 0.25) is 0 Å². The summed E-state index contributed by atoms with van der Waals surface area (Å²) in [5, 5.41) is 7.30. The predicted molar refractivity (Wildman–Crippen MR) is 50.9 cm³/mol. The van der Waals surface area contributed by atoms with E-state index < -0.39 is 0 Å². The Hall–Kier alpha value is -0.900. The van der Waals surface area contributed by atoms with Gasteiger partial charge in [0.15, 0.2) is 5.82 Å². The van der Waals surface area contributed by atoms with Gasteiger partial charge < -0.3 is 4.74 Å². The van der Waals surface area contributed by atoms with E-state index in [1.165, 1.54) is 12.8 Å². The number of nitrogens with one attached hydrogen (secondary N) is 1. The average Bonchev–Trinajstić information content (AvgIpc) is 2.75. The van der Waals surface area contributed by atoms with Crippen molar-refractivity contribution in [3.8, 4) is 0 Å². The largest absolute Gasteiger partial charge is 0.367 e. The molecule has 1 aromatic rings. The van der Waals surface area contributed by atoms with Crippen LogP contribution in [0.1, 0.15) is 50.2 Å². The SMILES string of the molecule is CC1(c2n[nH]c(C3CC3)n2)CCCO1. The van der Waals surface area contributed by atoms with Gasteiger partial charge in [0, 0.05) is 12.5 Å². The lowest BCUT2D eigenvalue weighted by Gasteiger charge is -2.18. The monoisotopic (exact) mass is 193 g/mol. The highest BCUT2D eigenvalue weighted by Crippen LogP contribution is 2.39. The number of aromatic nitrogens is 3. The number of hydrogen-bond donors (Lipinski definition) is 1. The first-order valence-electron chi connectivity index (χ1n) is 5.35. The summed E-state index contributed by atoms with van der Waals surface area (Å²) in [6, 6.07) is 0. The Bertz CT molecular complexity index is 337. The van der Waals surface area contributed by atoms with Crippen molar-refractivity contribution in [3.63, 3.8) is 0 Å². The number of hydrogen-bond acceptors (Lipinski definition) is 3. The number of aromatic amines is 1. The highest BCUT2D eigenvalue weighted by molar-refractivity contribution is 5.09. The summed E-state index contributed by atoms with van der Waals surface area (Å²) in [5.41, 5.74) is -0.232. The van der Waals surface area contributed by atoms with Crippen LogP contribution >= 0.6 is 0 Å². The molecule has 1 aliphatic heterocycles. The quantitative estimate of drug-likeness (QED) is 0.777. The van der Waals surface area contributed by atoms with E-state index in [1.54, 1.807) is 0 Å². The van der Waals surface area contributed by atoms with Crippen LogP contribution in [0.25, 0.3) is 0 Å². The van der Waals surface area contributed by atoms with Crippen molar-refractivity contribution in [2.45, 2.75) is 44.1 Å². The molecule has 0 spiro atoms. The van der Waals surface area contributed by atoms with Crippen molar-refractivity contribution < 1.29 is 4.74 Å². The standard InChI is InChI=1S/C10H15N3O/c1-10(5-2-6-14-10)9-11-8(12-13-9)7-3-4-7/h7H,2-6H2,1H3,(H,11,12,13). The molecule has 1 saturated heterocycles. The Balaban J connectivity index is 1.87. The van der Waals surface area contributed by atoms with Gasteiger partial charge in [-0.05, 0) is 32.6 Å². The Morgan fingerprint density at radius 3 is 3.00 bits per heavy atom. The topological polar surface area (TPSA) is 50.8 Å². The molecule has 1 aromatic heterocycles. The molecule has 1 unspecified atom stereocenters. The third kappa shape index (κ3) is 1.25. The van der Waals surface area contributed by atoms with E-state index in [-0.39, 0.29) is 5.60 Å². The van der Waals surface area contributed by atoms with Crippen LogP contribution in [0.2, 0.25) is 0 Å². The molecule has 1 aliphatic carbocycles. The second-order valence-electron chi connectivity index (χ2n) is 4.50. The number of H-pyrrole nitrogens is 1. The molecule has 2 heterocycles. The summed E-state index contributed by atoms with van der Waals surface area (Å²) in [7, 11) is 0. The molecule has 76 valence electrons. The normalized spacial score (nSPS) is 32.4. The van der Waals surface area contributed by atoms with Crippen LogP contribution < -0.4 is 0 Å². The third-order valence-electron chi connectivity index (χ3n) is 3.16. The van der Waals surface area contributed by atoms with Crippen LogP contribution in [-0.2, 0) is 10.3 Å². The molecule has 0 amide bonds. The second kappa shape index (κ2) is 2.79. The van der Waals surface area contributed by atoms with Gasteiger partial charge in [0.05, 0.1) is 0 Å². The minimum Gasteiger partial charge on any atom is -0.367 e. The van der Waals surface area contributed by atoms with Crippen molar-refractivity contribution in [3.05, 3.63) is 11.6 Å². The van der Waals surface area contributed by atoms with E-state index in [9.17, 15) is 0 Å². The molecule has 1 atom stereocenters. The van der Waals surface area contributed by atoms with Crippen LogP contribution in [0, 0.1) is 0 Å². The lowest BCUT2D eigenvalue weighted by atomic mass is 10.0. The van der Waals surface area contributed by atoms with Gasteiger partial charge in [-0.1, -0.05) is 0 Å². The third-order valence-corrected chi connectivity index (χ3v) is 3.16. The van der Waals surface area contributed by atoms with Crippen molar-refractivity contribution in [2.24, 2.45) is 0 Å². The van der Waals surface area contributed by atoms with E-state index in [0.717, 1.165) is 31.1 Å². The van der Waals surface area contributed by atoms with E-state index in [1.807, 2.05) is 0 Å². The zero-order valence-corrected chi connectivity index (χ0v) is 8.42. The molecule has 0 radical (unpaired) electrons. The molecule has 4 heteroatoms. The number of ether oxygens (including phenoxy) is 1. The fourth-order valence-electron chi connectivity index (χ4n) is 2.01. The molecule has 2 fully saturated rings. The first-order valence-corrected chi connectivity index (χ1v) is 5.35. The first-order chi connectivity index (χ1) is 6.78.